The minimum Gasteiger partial charge on any atom is -0.338 e. The van der Waals surface area contributed by atoms with Gasteiger partial charge in [-0.05, 0) is 18.1 Å². The zero-order chi connectivity index (χ0) is 18.0. The molecule has 0 saturated heterocycles. The Morgan fingerprint density at radius 2 is 1.96 bits per heavy atom. The fraction of sp³-hybridized carbons (Fsp3) is 0.250. The lowest BCUT2D eigenvalue weighted by molar-refractivity contribution is 0.391. The van der Waals surface area contributed by atoms with Crippen LogP contribution in [-0.4, -0.2) is 20.1 Å². The summed E-state index contributed by atoms with van der Waals surface area (Å²) in [6.07, 6.45) is 0. The minimum atomic E-state index is -0.768. The Labute approximate surface area is 145 Å². The first-order valence-electron chi connectivity index (χ1n) is 7.45. The number of aromatic nitrogens is 4. The van der Waals surface area contributed by atoms with Crippen molar-refractivity contribution in [3.63, 3.8) is 0 Å². The Bertz CT molecular complexity index is 935. The fourth-order valence-electron chi connectivity index (χ4n) is 2.07. The molecule has 130 valence electrons. The number of H-pyrrole nitrogens is 1. The topological polar surface area (TPSA) is 84.7 Å². The van der Waals surface area contributed by atoms with Gasteiger partial charge < -0.3 is 9.51 Å². The van der Waals surface area contributed by atoms with E-state index >= 15 is 0 Å². The van der Waals surface area contributed by atoms with E-state index in [1.807, 2.05) is 13.8 Å². The molecule has 0 saturated carbocycles. The van der Waals surface area contributed by atoms with Crippen molar-refractivity contribution >= 4 is 11.8 Å². The van der Waals surface area contributed by atoms with Gasteiger partial charge in [0.15, 0.2) is 5.16 Å². The summed E-state index contributed by atoms with van der Waals surface area (Å²) < 4.78 is 32.5. The second kappa shape index (κ2) is 7.14. The lowest BCUT2D eigenvalue weighted by Gasteiger charge is -2.05. The number of nitrogens with zero attached hydrogens (tertiary/aromatic N) is 3. The lowest BCUT2D eigenvalue weighted by Crippen LogP contribution is -2.10. The zero-order valence-electron chi connectivity index (χ0n) is 13.4. The number of thioether (sulfide) groups is 1. The van der Waals surface area contributed by atoms with Crippen LogP contribution in [-0.2, 0) is 5.75 Å². The normalized spacial score (nSPS) is 11.2. The van der Waals surface area contributed by atoms with Crippen molar-refractivity contribution < 1.29 is 13.3 Å². The summed E-state index contributed by atoms with van der Waals surface area (Å²) in [4.78, 5) is 22.6. The molecule has 2 aromatic heterocycles. The van der Waals surface area contributed by atoms with Gasteiger partial charge in [-0.2, -0.15) is 4.98 Å². The first kappa shape index (κ1) is 17.3. The summed E-state index contributed by atoms with van der Waals surface area (Å²) in [6.45, 7) is 3.87. The molecule has 0 atom stereocenters. The molecule has 0 radical (unpaired) electrons. The molecule has 0 aliphatic heterocycles. The molecule has 0 unspecified atom stereocenters. The van der Waals surface area contributed by atoms with E-state index < -0.39 is 11.6 Å². The van der Waals surface area contributed by atoms with E-state index in [-0.39, 0.29) is 34.5 Å². The maximum Gasteiger partial charge on any atom is 0.251 e. The van der Waals surface area contributed by atoms with Gasteiger partial charge in [0.1, 0.15) is 11.6 Å². The number of aromatic amines is 1. The molecule has 9 heteroatoms. The van der Waals surface area contributed by atoms with Crippen LogP contribution in [0, 0.1) is 11.6 Å². The molecule has 1 aromatic carbocycles. The van der Waals surface area contributed by atoms with E-state index in [1.165, 1.54) is 23.9 Å². The quantitative estimate of drug-likeness (QED) is 0.551. The second-order valence-corrected chi connectivity index (χ2v) is 6.49. The average Bonchev–Trinajstić information content (AvgIpc) is 3.01. The van der Waals surface area contributed by atoms with Crippen LogP contribution in [0.3, 0.4) is 0 Å². The summed E-state index contributed by atoms with van der Waals surface area (Å²) in [5.41, 5.74) is 0.0857. The predicted molar refractivity (Wildman–Crippen MR) is 88.2 cm³/mol. The van der Waals surface area contributed by atoms with Crippen LogP contribution in [0.2, 0.25) is 0 Å². The Hall–Kier alpha value is -2.55. The Balaban J connectivity index is 1.78. The van der Waals surface area contributed by atoms with Crippen LogP contribution in [0.5, 0.6) is 0 Å². The largest absolute Gasteiger partial charge is 0.338 e. The number of benzene rings is 1. The van der Waals surface area contributed by atoms with Crippen molar-refractivity contribution in [2.45, 2.75) is 30.7 Å². The standard InChI is InChI=1S/C16H14F2N4O2S/c1-8(2)11-6-12(23)20-16(19-11)25-7-13-21-15(22-24-13)14-9(17)4-3-5-10(14)18/h3-6,8H,7H2,1-2H3,(H,19,20,23). The second-order valence-electron chi connectivity index (χ2n) is 5.53. The third-order valence-corrected chi connectivity index (χ3v) is 4.18. The predicted octanol–water partition coefficient (Wildman–Crippen LogP) is 3.51. The third kappa shape index (κ3) is 3.93. The first-order valence-corrected chi connectivity index (χ1v) is 8.43. The van der Waals surface area contributed by atoms with Gasteiger partial charge in [-0.1, -0.05) is 36.8 Å². The highest BCUT2D eigenvalue weighted by atomic mass is 32.2. The van der Waals surface area contributed by atoms with Crippen molar-refractivity contribution in [1.29, 1.82) is 0 Å². The smallest absolute Gasteiger partial charge is 0.251 e. The summed E-state index contributed by atoms with van der Waals surface area (Å²) >= 11 is 1.19. The fourth-order valence-corrected chi connectivity index (χ4v) is 2.79. The van der Waals surface area contributed by atoms with Crippen LogP contribution >= 0.6 is 11.8 Å². The van der Waals surface area contributed by atoms with Crippen molar-refractivity contribution in [3.05, 3.63) is 57.8 Å². The van der Waals surface area contributed by atoms with E-state index in [0.29, 0.717) is 10.9 Å². The van der Waals surface area contributed by atoms with Gasteiger partial charge in [0.2, 0.25) is 11.7 Å². The molecule has 0 aliphatic rings. The molecular formula is C16H14F2N4O2S. The van der Waals surface area contributed by atoms with E-state index in [9.17, 15) is 13.6 Å². The summed E-state index contributed by atoms with van der Waals surface area (Å²) in [7, 11) is 0. The molecule has 3 aromatic rings. The Morgan fingerprint density at radius 3 is 2.64 bits per heavy atom. The maximum absolute atomic E-state index is 13.7. The molecule has 0 fully saturated rings. The van der Waals surface area contributed by atoms with Crippen LogP contribution in [0.25, 0.3) is 11.4 Å². The summed E-state index contributed by atoms with van der Waals surface area (Å²) in [6, 6.07) is 4.94. The molecule has 6 nitrogen and oxygen atoms in total. The number of rotatable bonds is 5. The van der Waals surface area contributed by atoms with E-state index in [4.69, 9.17) is 4.52 Å². The highest BCUT2D eigenvalue weighted by molar-refractivity contribution is 7.98. The van der Waals surface area contributed by atoms with Crippen LogP contribution in [0.15, 0.2) is 38.7 Å². The summed E-state index contributed by atoms with van der Waals surface area (Å²) in [5, 5.41) is 4.02. The van der Waals surface area contributed by atoms with E-state index in [2.05, 4.69) is 20.1 Å². The molecule has 3 rings (SSSR count). The van der Waals surface area contributed by atoms with Crippen molar-refractivity contribution in [3.8, 4) is 11.4 Å². The minimum absolute atomic E-state index is 0.112. The molecule has 25 heavy (non-hydrogen) atoms. The van der Waals surface area contributed by atoms with Gasteiger partial charge in [-0.3, -0.25) is 4.79 Å². The summed E-state index contributed by atoms with van der Waals surface area (Å²) in [5.74, 6) is -1.22. The monoisotopic (exact) mass is 364 g/mol. The maximum atomic E-state index is 13.7. The van der Waals surface area contributed by atoms with Crippen molar-refractivity contribution in [2.24, 2.45) is 0 Å². The molecule has 0 aliphatic carbocycles. The first-order chi connectivity index (χ1) is 11.9. The van der Waals surface area contributed by atoms with Crippen molar-refractivity contribution in [2.75, 3.05) is 0 Å². The Morgan fingerprint density at radius 1 is 1.24 bits per heavy atom. The number of nitrogens with one attached hydrogen (secondary N) is 1. The molecule has 0 amide bonds. The highest BCUT2D eigenvalue weighted by Crippen LogP contribution is 2.25. The van der Waals surface area contributed by atoms with E-state index in [0.717, 1.165) is 12.1 Å². The molecule has 0 spiro atoms. The van der Waals surface area contributed by atoms with Crippen LogP contribution in [0.4, 0.5) is 8.78 Å². The molecular weight excluding hydrogens is 350 g/mol. The number of halogens is 2. The van der Waals surface area contributed by atoms with Crippen LogP contribution < -0.4 is 5.56 Å². The highest BCUT2D eigenvalue weighted by Gasteiger charge is 2.17. The van der Waals surface area contributed by atoms with Gasteiger partial charge in [0.25, 0.3) is 5.56 Å². The number of hydrogen-bond donors (Lipinski definition) is 1. The zero-order valence-corrected chi connectivity index (χ0v) is 14.2. The third-order valence-electron chi connectivity index (χ3n) is 3.32. The van der Waals surface area contributed by atoms with Gasteiger partial charge in [-0.25, -0.2) is 13.8 Å². The average molecular weight is 364 g/mol. The van der Waals surface area contributed by atoms with Gasteiger partial charge >= 0.3 is 0 Å². The number of hydrogen-bond acceptors (Lipinski definition) is 6. The SMILES string of the molecule is CC(C)c1cc(=O)[nH]c(SCc2nc(-c3c(F)cccc3F)no2)n1. The lowest BCUT2D eigenvalue weighted by atomic mass is 10.1. The van der Waals surface area contributed by atoms with Crippen molar-refractivity contribution in [1.82, 2.24) is 20.1 Å². The van der Waals surface area contributed by atoms with E-state index in [1.54, 1.807) is 0 Å². The van der Waals surface area contributed by atoms with Gasteiger partial charge in [0, 0.05) is 6.07 Å². The molecule has 2 heterocycles. The van der Waals surface area contributed by atoms with Gasteiger partial charge in [0.05, 0.1) is 17.0 Å². The molecule has 1 N–H and O–H groups in total. The van der Waals surface area contributed by atoms with Gasteiger partial charge in [-0.15, -0.1) is 0 Å². The Kier molecular flexibility index (Phi) is 4.93. The van der Waals surface area contributed by atoms with Crippen LogP contribution in [0.1, 0.15) is 31.4 Å². The molecule has 0 bridgehead atoms.